The van der Waals surface area contributed by atoms with Gasteiger partial charge in [-0.3, -0.25) is 4.98 Å². The number of hydrogen-bond acceptors (Lipinski definition) is 2. The number of rotatable bonds is 3. The van der Waals surface area contributed by atoms with E-state index in [1.807, 2.05) is 18.5 Å². The van der Waals surface area contributed by atoms with Crippen LogP contribution in [0, 0.1) is 0 Å². The second-order valence-electron chi connectivity index (χ2n) is 5.85. The Kier molecular flexibility index (Phi) is 3.83. The number of benzene rings is 1. The summed E-state index contributed by atoms with van der Waals surface area (Å²) in [5.41, 5.74) is 9.31. The SMILES string of the molecule is NC(c1cccnc1)C1(c2ccccc2)CCCCC1. The van der Waals surface area contributed by atoms with Crippen LogP contribution in [0.25, 0.3) is 0 Å². The minimum atomic E-state index is 0.0268. The fourth-order valence-electron chi connectivity index (χ4n) is 3.61. The summed E-state index contributed by atoms with van der Waals surface area (Å²) >= 11 is 0. The molecule has 0 aliphatic heterocycles. The minimum absolute atomic E-state index is 0.0268. The van der Waals surface area contributed by atoms with Gasteiger partial charge in [-0.25, -0.2) is 0 Å². The molecule has 1 fully saturated rings. The molecule has 1 unspecified atom stereocenters. The van der Waals surface area contributed by atoms with Crippen molar-refractivity contribution in [1.82, 2.24) is 4.98 Å². The van der Waals surface area contributed by atoms with Gasteiger partial charge < -0.3 is 5.73 Å². The van der Waals surface area contributed by atoms with Crippen LogP contribution in [-0.4, -0.2) is 4.98 Å². The highest BCUT2D eigenvalue weighted by Crippen LogP contribution is 2.46. The Balaban J connectivity index is 2.02. The first-order chi connectivity index (χ1) is 9.83. The van der Waals surface area contributed by atoms with Crippen molar-refractivity contribution in [1.29, 1.82) is 0 Å². The van der Waals surface area contributed by atoms with E-state index < -0.39 is 0 Å². The molecule has 104 valence electrons. The van der Waals surface area contributed by atoms with Crippen LogP contribution < -0.4 is 5.73 Å². The van der Waals surface area contributed by atoms with Crippen molar-refractivity contribution in [3.8, 4) is 0 Å². The van der Waals surface area contributed by atoms with E-state index in [0.717, 1.165) is 5.56 Å². The minimum Gasteiger partial charge on any atom is -0.323 e. The summed E-state index contributed by atoms with van der Waals surface area (Å²) in [6.07, 6.45) is 9.94. The van der Waals surface area contributed by atoms with Crippen molar-refractivity contribution >= 4 is 0 Å². The molecular weight excluding hydrogens is 244 g/mol. The van der Waals surface area contributed by atoms with Gasteiger partial charge >= 0.3 is 0 Å². The molecule has 2 nitrogen and oxygen atoms in total. The van der Waals surface area contributed by atoms with Crippen LogP contribution in [0.2, 0.25) is 0 Å². The normalized spacial score (nSPS) is 19.4. The quantitative estimate of drug-likeness (QED) is 0.912. The first-order valence-electron chi connectivity index (χ1n) is 7.54. The predicted molar refractivity (Wildman–Crippen MR) is 82.4 cm³/mol. The van der Waals surface area contributed by atoms with E-state index in [2.05, 4.69) is 41.4 Å². The lowest BCUT2D eigenvalue weighted by Crippen LogP contribution is -2.40. The predicted octanol–water partition coefficient (Wildman–Crippen LogP) is 3.98. The van der Waals surface area contributed by atoms with Crippen LogP contribution in [0.1, 0.15) is 49.3 Å². The number of nitrogens with zero attached hydrogens (tertiary/aromatic N) is 1. The van der Waals surface area contributed by atoms with E-state index in [1.54, 1.807) is 0 Å². The zero-order chi connectivity index (χ0) is 13.8. The Morgan fingerprint density at radius 2 is 1.70 bits per heavy atom. The van der Waals surface area contributed by atoms with Gasteiger partial charge in [-0.05, 0) is 30.0 Å². The molecule has 1 heterocycles. The lowest BCUT2D eigenvalue weighted by Gasteiger charge is -2.42. The molecule has 0 saturated heterocycles. The Morgan fingerprint density at radius 1 is 0.950 bits per heavy atom. The first-order valence-corrected chi connectivity index (χ1v) is 7.54. The van der Waals surface area contributed by atoms with Crippen molar-refractivity contribution in [2.75, 3.05) is 0 Å². The summed E-state index contributed by atoms with van der Waals surface area (Å²) in [4.78, 5) is 4.25. The second-order valence-corrected chi connectivity index (χ2v) is 5.85. The summed E-state index contributed by atoms with van der Waals surface area (Å²) in [7, 11) is 0. The van der Waals surface area contributed by atoms with Gasteiger partial charge in [0.25, 0.3) is 0 Å². The molecule has 20 heavy (non-hydrogen) atoms. The topological polar surface area (TPSA) is 38.9 Å². The van der Waals surface area contributed by atoms with Crippen molar-refractivity contribution in [2.45, 2.75) is 43.6 Å². The molecule has 0 radical (unpaired) electrons. The smallest absolute Gasteiger partial charge is 0.0408 e. The van der Waals surface area contributed by atoms with Gasteiger partial charge in [0.1, 0.15) is 0 Å². The number of pyridine rings is 1. The average molecular weight is 266 g/mol. The largest absolute Gasteiger partial charge is 0.323 e. The standard InChI is InChI=1S/C18H22N2/c19-17(15-8-7-13-20-14-15)18(11-5-2-6-12-18)16-9-3-1-4-10-16/h1,3-4,7-10,13-14,17H,2,5-6,11-12,19H2. The summed E-state index contributed by atoms with van der Waals surface area (Å²) < 4.78 is 0. The van der Waals surface area contributed by atoms with Crippen LogP contribution in [0.15, 0.2) is 54.9 Å². The molecule has 0 amide bonds. The highest BCUT2D eigenvalue weighted by atomic mass is 14.7. The molecular formula is C18H22N2. The fraction of sp³-hybridized carbons (Fsp3) is 0.389. The van der Waals surface area contributed by atoms with Crippen molar-refractivity contribution in [2.24, 2.45) is 5.73 Å². The molecule has 1 saturated carbocycles. The maximum atomic E-state index is 6.70. The number of hydrogen-bond donors (Lipinski definition) is 1. The summed E-state index contributed by atoms with van der Waals surface area (Å²) in [5, 5.41) is 0. The zero-order valence-corrected chi connectivity index (χ0v) is 11.8. The molecule has 1 aliphatic rings. The van der Waals surface area contributed by atoms with Crippen LogP contribution in [0.3, 0.4) is 0 Å². The van der Waals surface area contributed by atoms with Crippen LogP contribution in [-0.2, 0) is 5.41 Å². The molecule has 1 aromatic carbocycles. The van der Waals surface area contributed by atoms with Crippen LogP contribution in [0.4, 0.5) is 0 Å². The highest BCUT2D eigenvalue weighted by molar-refractivity contribution is 5.32. The van der Waals surface area contributed by atoms with Gasteiger partial charge in [-0.15, -0.1) is 0 Å². The lowest BCUT2D eigenvalue weighted by atomic mass is 9.64. The van der Waals surface area contributed by atoms with E-state index in [-0.39, 0.29) is 11.5 Å². The molecule has 1 aliphatic carbocycles. The van der Waals surface area contributed by atoms with Crippen LogP contribution in [0.5, 0.6) is 0 Å². The fourth-order valence-corrected chi connectivity index (χ4v) is 3.61. The molecule has 0 spiro atoms. The molecule has 2 heteroatoms. The summed E-state index contributed by atoms with van der Waals surface area (Å²) in [5.74, 6) is 0. The average Bonchev–Trinajstić information content (AvgIpc) is 2.56. The van der Waals surface area contributed by atoms with E-state index in [1.165, 1.54) is 37.7 Å². The van der Waals surface area contributed by atoms with Gasteiger partial charge in [-0.2, -0.15) is 0 Å². The van der Waals surface area contributed by atoms with Gasteiger partial charge in [0.2, 0.25) is 0 Å². The van der Waals surface area contributed by atoms with Crippen molar-refractivity contribution in [3.63, 3.8) is 0 Å². The lowest BCUT2D eigenvalue weighted by molar-refractivity contribution is 0.244. The third-order valence-electron chi connectivity index (χ3n) is 4.73. The van der Waals surface area contributed by atoms with E-state index >= 15 is 0 Å². The Labute approximate surface area is 121 Å². The molecule has 1 aromatic heterocycles. The Morgan fingerprint density at radius 3 is 2.35 bits per heavy atom. The van der Waals surface area contributed by atoms with Gasteiger partial charge in [0, 0.05) is 23.9 Å². The maximum Gasteiger partial charge on any atom is 0.0408 e. The monoisotopic (exact) mass is 266 g/mol. The molecule has 0 bridgehead atoms. The highest BCUT2D eigenvalue weighted by Gasteiger charge is 2.40. The molecule has 1 atom stereocenters. The molecule has 3 rings (SSSR count). The number of nitrogens with two attached hydrogens (primary N) is 1. The first kappa shape index (κ1) is 13.3. The third-order valence-corrected chi connectivity index (χ3v) is 4.73. The summed E-state index contributed by atoms with van der Waals surface area (Å²) in [6, 6.07) is 14.9. The van der Waals surface area contributed by atoms with Crippen molar-refractivity contribution < 1.29 is 0 Å². The second kappa shape index (κ2) is 5.76. The van der Waals surface area contributed by atoms with Crippen molar-refractivity contribution in [3.05, 3.63) is 66.0 Å². The maximum absolute atomic E-state index is 6.70. The Hall–Kier alpha value is -1.67. The summed E-state index contributed by atoms with van der Waals surface area (Å²) in [6.45, 7) is 0. The zero-order valence-electron chi connectivity index (χ0n) is 11.8. The Bertz CT molecular complexity index is 530. The number of aromatic nitrogens is 1. The van der Waals surface area contributed by atoms with Gasteiger partial charge in [-0.1, -0.05) is 55.7 Å². The van der Waals surface area contributed by atoms with E-state index in [4.69, 9.17) is 5.73 Å². The molecule has 2 N–H and O–H groups in total. The van der Waals surface area contributed by atoms with E-state index in [9.17, 15) is 0 Å². The van der Waals surface area contributed by atoms with E-state index in [0.29, 0.717) is 0 Å². The van der Waals surface area contributed by atoms with Gasteiger partial charge in [0.15, 0.2) is 0 Å². The van der Waals surface area contributed by atoms with Crippen LogP contribution >= 0.6 is 0 Å². The third kappa shape index (κ3) is 2.36. The molecule has 2 aromatic rings. The van der Waals surface area contributed by atoms with Gasteiger partial charge in [0.05, 0.1) is 0 Å².